The Morgan fingerprint density at radius 2 is 2.07 bits per heavy atom. The lowest BCUT2D eigenvalue weighted by Crippen LogP contribution is -1.94. The molecule has 4 rings (SSSR count). The van der Waals surface area contributed by atoms with Crippen LogP contribution in [-0.2, 0) is 25.9 Å². The molecule has 2 aromatic heterocycles. The smallest absolute Gasteiger partial charge is 0.195 e. The van der Waals surface area contributed by atoms with Crippen LogP contribution in [0.2, 0.25) is 0 Å². The number of hydrogen-bond acceptors (Lipinski definition) is 4. The maximum Gasteiger partial charge on any atom is 0.195 e. The second-order valence-corrected chi connectivity index (χ2v) is 9.20. The molecule has 29 heavy (non-hydrogen) atoms. The summed E-state index contributed by atoms with van der Waals surface area (Å²) < 4.78 is 12.7. The van der Waals surface area contributed by atoms with Crippen LogP contribution >= 0.6 is 27.3 Å². The third-order valence-corrected chi connectivity index (χ3v) is 7.19. The number of carbonyl (C=O) groups excluding carboxylic acids is 1. The molecule has 0 atom stereocenters. The molecule has 5 heteroatoms. The number of rotatable bonds is 8. The molecule has 150 valence electrons. The molecule has 0 saturated heterocycles. The largest absolute Gasteiger partial charge is 0.486 e. The molecule has 0 spiro atoms. The van der Waals surface area contributed by atoms with Crippen LogP contribution in [0, 0.1) is 0 Å². The van der Waals surface area contributed by atoms with Crippen LogP contribution in [0.4, 0.5) is 0 Å². The van der Waals surface area contributed by atoms with Crippen LogP contribution in [0.5, 0.6) is 5.75 Å². The number of thiophene rings is 1. The topological polar surface area (TPSA) is 39.4 Å². The number of hydrogen-bond donors (Lipinski definition) is 0. The first-order valence-corrected chi connectivity index (χ1v) is 11.6. The minimum absolute atomic E-state index is 0.00889. The Morgan fingerprint density at radius 1 is 1.21 bits per heavy atom. The average molecular weight is 471 g/mol. The van der Waals surface area contributed by atoms with E-state index < -0.39 is 0 Å². The normalized spacial score (nSPS) is 13.2. The lowest BCUT2D eigenvalue weighted by Gasteiger charge is -2.06. The van der Waals surface area contributed by atoms with Crippen molar-refractivity contribution < 1.29 is 13.9 Å². The Balaban J connectivity index is 1.35. The predicted molar refractivity (Wildman–Crippen MR) is 121 cm³/mol. The zero-order valence-corrected chi connectivity index (χ0v) is 18.8. The fraction of sp³-hybridized carbons (Fsp3) is 0.292. The molecule has 1 aromatic carbocycles. The molecule has 0 fully saturated rings. The summed E-state index contributed by atoms with van der Waals surface area (Å²) in [5.41, 5.74) is 2.83. The van der Waals surface area contributed by atoms with Gasteiger partial charge in [0.25, 0.3) is 0 Å². The van der Waals surface area contributed by atoms with Crippen molar-refractivity contribution in [2.24, 2.45) is 0 Å². The van der Waals surface area contributed by atoms with E-state index in [-0.39, 0.29) is 5.78 Å². The van der Waals surface area contributed by atoms with Crippen LogP contribution in [0.3, 0.4) is 0 Å². The molecule has 0 saturated carbocycles. The SMILES string of the molecule is CCCc1sc(C(=O)/C=C/c2ccc(COc3ccc4c(c3)CCC4)o2)cc1Br. The lowest BCUT2D eigenvalue weighted by atomic mass is 10.1. The van der Waals surface area contributed by atoms with E-state index in [9.17, 15) is 4.79 Å². The van der Waals surface area contributed by atoms with Gasteiger partial charge < -0.3 is 9.15 Å². The van der Waals surface area contributed by atoms with Crippen molar-refractivity contribution in [3.05, 3.63) is 79.3 Å². The Bertz CT molecular complexity index is 1040. The third-order valence-electron chi connectivity index (χ3n) is 5.01. The van der Waals surface area contributed by atoms with E-state index >= 15 is 0 Å². The minimum Gasteiger partial charge on any atom is -0.486 e. The summed E-state index contributed by atoms with van der Waals surface area (Å²) in [4.78, 5) is 14.4. The van der Waals surface area contributed by atoms with Gasteiger partial charge >= 0.3 is 0 Å². The number of halogens is 1. The summed E-state index contributed by atoms with van der Waals surface area (Å²) in [6, 6.07) is 12.0. The van der Waals surface area contributed by atoms with E-state index in [0.29, 0.717) is 12.4 Å². The van der Waals surface area contributed by atoms with Gasteiger partial charge in [0, 0.05) is 9.35 Å². The van der Waals surface area contributed by atoms with Gasteiger partial charge in [0.2, 0.25) is 0 Å². The van der Waals surface area contributed by atoms with Crippen molar-refractivity contribution in [2.75, 3.05) is 0 Å². The average Bonchev–Trinajstić information content (AvgIpc) is 3.45. The summed E-state index contributed by atoms with van der Waals surface area (Å²) in [5.74, 6) is 2.25. The lowest BCUT2D eigenvalue weighted by molar-refractivity contribution is 0.105. The predicted octanol–water partition coefficient (Wildman–Crippen LogP) is 7.02. The highest BCUT2D eigenvalue weighted by Gasteiger charge is 2.12. The fourth-order valence-electron chi connectivity index (χ4n) is 3.52. The summed E-state index contributed by atoms with van der Waals surface area (Å²) in [6.07, 6.45) is 8.86. The molecule has 0 N–H and O–H groups in total. The Kier molecular flexibility index (Phi) is 6.36. The van der Waals surface area contributed by atoms with Crippen molar-refractivity contribution in [3.63, 3.8) is 0 Å². The first kappa shape index (κ1) is 20.2. The van der Waals surface area contributed by atoms with Crippen LogP contribution in [-0.4, -0.2) is 5.78 Å². The Labute approximate surface area is 183 Å². The van der Waals surface area contributed by atoms with Crippen LogP contribution in [0.25, 0.3) is 6.08 Å². The number of benzene rings is 1. The molecule has 1 aliphatic carbocycles. The van der Waals surface area contributed by atoms with Gasteiger partial charge in [0.05, 0.1) is 4.88 Å². The molecular formula is C24H23BrO3S. The number of ketones is 1. The quantitative estimate of drug-likeness (QED) is 0.262. The van der Waals surface area contributed by atoms with Crippen molar-refractivity contribution in [1.82, 2.24) is 0 Å². The molecule has 0 bridgehead atoms. The van der Waals surface area contributed by atoms with Crippen LogP contribution < -0.4 is 4.74 Å². The highest BCUT2D eigenvalue weighted by atomic mass is 79.9. The molecule has 3 aromatic rings. The molecular weight excluding hydrogens is 448 g/mol. The fourth-order valence-corrected chi connectivity index (χ4v) is 5.41. The summed E-state index contributed by atoms with van der Waals surface area (Å²) in [6.45, 7) is 2.51. The van der Waals surface area contributed by atoms with E-state index in [4.69, 9.17) is 9.15 Å². The first-order chi connectivity index (χ1) is 14.1. The van der Waals surface area contributed by atoms with Crippen molar-refractivity contribution >= 4 is 39.1 Å². The molecule has 0 unspecified atom stereocenters. The summed E-state index contributed by atoms with van der Waals surface area (Å²) in [5, 5.41) is 0. The van der Waals surface area contributed by atoms with Gasteiger partial charge in [-0.25, -0.2) is 0 Å². The number of furan rings is 1. The van der Waals surface area contributed by atoms with Gasteiger partial charge in [-0.2, -0.15) is 0 Å². The van der Waals surface area contributed by atoms with Crippen LogP contribution in [0.15, 0.2) is 51.4 Å². The first-order valence-electron chi connectivity index (χ1n) is 9.96. The standard InChI is InChI=1S/C24H23BrO3S/c1-2-4-23-21(25)14-24(29-23)22(26)12-11-18-9-10-20(28-18)15-27-19-8-7-16-5-3-6-17(16)13-19/h7-14H,2-6,15H2,1H3/b12-11+. The monoisotopic (exact) mass is 470 g/mol. The number of ether oxygens (including phenoxy) is 1. The third kappa shape index (κ3) is 4.90. The van der Waals surface area contributed by atoms with Gasteiger partial charge in [-0.05, 0) is 95.2 Å². The zero-order valence-electron chi connectivity index (χ0n) is 16.4. The molecule has 3 nitrogen and oxygen atoms in total. The number of carbonyl (C=O) groups is 1. The van der Waals surface area contributed by atoms with Crippen molar-refractivity contribution in [3.8, 4) is 5.75 Å². The maximum atomic E-state index is 12.4. The zero-order chi connectivity index (χ0) is 20.2. The highest BCUT2D eigenvalue weighted by Crippen LogP contribution is 2.29. The van der Waals surface area contributed by atoms with E-state index in [0.717, 1.165) is 40.1 Å². The van der Waals surface area contributed by atoms with E-state index in [2.05, 4.69) is 35.0 Å². The van der Waals surface area contributed by atoms with Gasteiger partial charge in [-0.3, -0.25) is 4.79 Å². The molecule has 0 amide bonds. The van der Waals surface area contributed by atoms with Crippen molar-refractivity contribution in [1.29, 1.82) is 0 Å². The van der Waals surface area contributed by atoms with Crippen molar-refractivity contribution in [2.45, 2.75) is 45.6 Å². The van der Waals surface area contributed by atoms with E-state index in [1.165, 1.54) is 28.8 Å². The number of fused-ring (bicyclic) bond motifs is 1. The summed E-state index contributed by atoms with van der Waals surface area (Å²) >= 11 is 5.09. The van der Waals surface area contributed by atoms with E-state index in [1.807, 2.05) is 24.3 Å². The Hall–Kier alpha value is -2.11. The molecule has 1 aliphatic rings. The van der Waals surface area contributed by atoms with Crippen LogP contribution in [0.1, 0.15) is 57.0 Å². The summed E-state index contributed by atoms with van der Waals surface area (Å²) in [7, 11) is 0. The highest BCUT2D eigenvalue weighted by molar-refractivity contribution is 9.10. The minimum atomic E-state index is -0.00889. The maximum absolute atomic E-state index is 12.4. The number of allylic oxidation sites excluding steroid dienone is 1. The Morgan fingerprint density at radius 3 is 2.93 bits per heavy atom. The molecule has 0 aliphatic heterocycles. The second-order valence-electron chi connectivity index (χ2n) is 7.21. The van der Waals surface area contributed by atoms with Gasteiger partial charge in [0.1, 0.15) is 23.9 Å². The molecule has 2 heterocycles. The second kappa shape index (κ2) is 9.14. The van der Waals surface area contributed by atoms with Gasteiger partial charge in [-0.1, -0.05) is 19.4 Å². The molecule has 0 radical (unpaired) electrons. The number of aryl methyl sites for hydroxylation is 3. The van der Waals surface area contributed by atoms with Gasteiger partial charge in [-0.15, -0.1) is 11.3 Å². The van der Waals surface area contributed by atoms with Gasteiger partial charge in [0.15, 0.2) is 5.78 Å². The van der Waals surface area contributed by atoms with E-state index in [1.54, 1.807) is 23.5 Å².